The van der Waals surface area contributed by atoms with Crippen LogP contribution in [0.25, 0.3) is 0 Å². The maximum Gasteiger partial charge on any atom is 0.247 e. The molecular weight excluding hydrogens is 462 g/mol. The number of carbonyl (C=O) groups is 2. The fraction of sp³-hybridized carbons (Fsp3) is 0.400. The zero-order chi connectivity index (χ0) is 22.9. The molecule has 4 aromatic heterocycles. The molecule has 0 fully saturated rings. The van der Waals surface area contributed by atoms with Crippen molar-refractivity contribution in [2.75, 3.05) is 5.32 Å². The van der Waals surface area contributed by atoms with E-state index in [2.05, 4.69) is 35.9 Å². The second-order valence-corrected chi connectivity index (χ2v) is 9.53. The predicted octanol–water partition coefficient (Wildman–Crippen LogP) is 2.19. The minimum atomic E-state index is -0.180. The maximum absolute atomic E-state index is 12.1. The number of carbonyl (C=O) groups excluding carboxylic acids is 2. The minimum absolute atomic E-state index is 0.0652. The van der Waals surface area contributed by atoms with E-state index >= 15 is 0 Å². The van der Waals surface area contributed by atoms with E-state index in [4.69, 9.17) is 0 Å². The molecule has 0 aromatic carbocycles. The number of aromatic nitrogens is 8. The highest BCUT2D eigenvalue weighted by Gasteiger charge is 2.11. The second kappa shape index (κ2) is 11.5. The van der Waals surface area contributed by atoms with E-state index in [-0.39, 0.29) is 31.2 Å². The van der Waals surface area contributed by atoms with Crippen LogP contribution >= 0.6 is 22.7 Å². The van der Waals surface area contributed by atoms with Crippen LogP contribution in [0.1, 0.15) is 34.3 Å². The highest BCUT2D eigenvalue weighted by Crippen LogP contribution is 2.19. The third-order valence-corrected chi connectivity index (χ3v) is 6.50. The number of aryl methyl sites for hydroxylation is 2. The molecule has 0 saturated heterocycles. The molecule has 0 saturated carbocycles. The van der Waals surface area contributed by atoms with Crippen LogP contribution in [0.4, 0.5) is 5.13 Å². The largest absolute Gasteiger partial charge is 0.299 e. The van der Waals surface area contributed by atoms with E-state index in [9.17, 15) is 9.59 Å². The predicted molar refractivity (Wildman–Crippen MR) is 123 cm³/mol. The lowest BCUT2D eigenvalue weighted by Crippen LogP contribution is -2.18. The van der Waals surface area contributed by atoms with E-state index in [0.717, 1.165) is 47.1 Å². The molecule has 172 valence electrons. The van der Waals surface area contributed by atoms with Gasteiger partial charge in [-0.1, -0.05) is 17.8 Å². The Balaban J connectivity index is 1.11. The van der Waals surface area contributed by atoms with Crippen LogP contribution in [0.5, 0.6) is 0 Å². The van der Waals surface area contributed by atoms with E-state index in [0.29, 0.717) is 5.13 Å². The van der Waals surface area contributed by atoms with Gasteiger partial charge in [-0.25, -0.2) is 0 Å². The molecule has 0 radical (unpaired) electrons. The molecule has 1 amide bonds. The van der Waals surface area contributed by atoms with Gasteiger partial charge in [0.15, 0.2) is 5.78 Å². The number of amides is 1. The monoisotopic (exact) mass is 485 g/mol. The first-order valence-corrected chi connectivity index (χ1v) is 12.2. The Kier molecular flexibility index (Phi) is 7.98. The van der Waals surface area contributed by atoms with Crippen molar-refractivity contribution in [3.05, 3.63) is 51.9 Å². The second-order valence-electron chi connectivity index (χ2n) is 7.32. The number of rotatable bonds is 13. The van der Waals surface area contributed by atoms with Gasteiger partial charge in [0.2, 0.25) is 11.0 Å². The van der Waals surface area contributed by atoms with Gasteiger partial charge in [0.05, 0.1) is 13.0 Å². The molecule has 4 rings (SSSR count). The van der Waals surface area contributed by atoms with Crippen molar-refractivity contribution in [3.8, 4) is 0 Å². The van der Waals surface area contributed by atoms with Crippen molar-refractivity contribution < 1.29 is 9.59 Å². The van der Waals surface area contributed by atoms with Gasteiger partial charge in [-0.2, -0.15) is 10.2 Å². The SMILES string of the molecule is O=C(Cc1nnc(CCCCCc2nnc(NC(=O)Cn3cccn3)s2)s1)Cn1cccn1. The third kappa shape index (κ3) is 7.36. The van der Waals surface area contributed by atoms with Crippen molar-refractivity contribution in [2.24, 2.45) is 0 Å². The van der Waals surface area contributed by atoms with Crippen LogP contribution in [0.3, 0.4) is 0 Å². The standard InChI is InChI=1S/C20H23N9O2S2/c30-15(13-28-10-4-8-21-28)12-19-26-24-17(32-19)6-2-1-3-7-18-25-27-20(33-18)23-16(31)14-29-11-5-9-22-29/h4-5,8-11H,1-3,6-7,12-14H2,(H,23,27,31). The van der Waals surface area contributed by atoms with Gasteiger partial charge < -0.3 is 0 Å². The molecule has 0 atom stereocenters. The number of hydrogen-bond donors (Lipinski definition) is 1. The molecule has 0 aliphatic carbocycles. The normalized spacial score (nSPS) is 11.0. The Morgan fingerprint density at radius 1 is 0.788 bits per heavy atom. The lowest BCUT2D eigenvalue weighted by Gasteiger charge is -2.00. The topological polar surface area (TPSA) is 133 Å². The summed E-state index contributed by atoms with van der Waals surface area (Å²) >= 11 is 2.89. The summed E-state index contributed by atoms with van der Waals surface area (Å²) in [5, 5.41) is 30.5. The fourth-order valence-electron chi connectivity index (χ4n) is 3.09. The van der Waals surface area contributed by atoms with Crippen LogP contribution in [-0.2, 0) is 41.9 Å². The lowest BCUT2D eigenvalue weighted by molar-refractivity contribution is -0.119. The van der Waals surface area contributed by atoms with E-state index in [1.807, 2.05) is 0 Å². The zero-order valence-corrected chi connectivity index (χ0v) is 19.5. The smallest absolute Gasteiger partial charge is 0.247 e. The number of hydrogen-bond acceptors (Lipinski definition) is 10. The van der Waals surface area contributed by atoms with E-state index in [1.165, 1.54) is 22.7 Å². The van der Waals surface area contributed by atoms with Crippen LogP contribution < -0.4 is 5.32 Å². The average Bonchev–Trinajstić information content (AvgIpc) is 3.57. The quantitative estimate of drug-likeness (QED) is 0.285. The highest BCUT2D eigenvalue weighted by molar-refractivity contribution is 7.15. The van der Waals surface area contributed by atoms with Gasteiger partial charge in [-0.15, -0.1) is 31.7 Å². The first-order chi connectivity index (χ1) is 16.1. The van der Waals surface area contributed by atoms with E-state index in [1.54, 1.807) is 46.3 Å². The summed E-state index contributed by atoms with van der Waals surface area (Å²) < 4.78 is 3.16. The molecule has 13 heteroatoms. The Labute approximate surface area is 197 Å². The van der Waals surface area contributed by atoms with Crippen LogP contribution in [-0.4, -0.2) is 51.6 Å². The molecule has 0 spiro atoms. The summed E-state index contributed by atoms with van der Waals surface area (Å²) in [6, 6.07) is 3.56. The summed E-state index contributed by atoms with van der Waals surface area (Å²) in [7, 11) is 0. The Hall–Kier alpha value is -3.32. The Morgan fingerprint density at radius 3 is 2.12 bits per heavy atom. The first kappa shape index (κ1) is 22.9. The van der Waals surface area contributed by atoms with Gasteiger partial charge in [0.25, 0.3) is 0 Å². The maximum atomic E-state index is 12.1. The molecule has 4 heterocycles. The number of ketones is 1. The molecule has 0 unspecified atom stereocenters. The lowest BCUT2D eigenvalue weighted by atomic mass is 10.1. The Bertz CT molecular complexity index is 1060. The number of nitrogens with zero attached hydrogens (tertiary/aromatic N) is 8. The first-order valence-electron chi connectivity index (χ1n) is 10.5. The fourth-order valence-corrected chi connectivity index (χ4v) is 4.81. The number of nitrogens with one attached hydrogen (secondary N) is 1. The molecule has 0 bridgehead atoms. The van der Waals surface area contributed by atoms with Gasteiger partial charge in [0, 0.05) is 37.6 Å². The molecule has 11 nitrogen and oxygen atoms in total. The molecule has 0 aliphatic heterocycles. The van der Waals surface area contributed by atoms with Gasteiger partial charge in [-0.05, 0) is 25.0 Å². The van der Waals surface area contributed by atoms with Crippen molar-refractivity contribution in [1.82, 2.24) is 40.0 Å². The van der Waals surface area contributed by atoms with Crippen molar-refractivity contribution in [1.29, 1.82) is 0 Å². The van der Waals surface area contributed by atoms with Crippen molar-refractivity contribution in [3.63, 3.8) is 0 Å². The molecular formula is C20H23N9O2S2. The molecule has 33 heavy (non-hydrogen) atoms. The third-order valence-electron chi connectivity index (χ3n) is 4.61. The highest BCUT2D eigenvalue weighted by atomic mass is 32.1. The Morgan fingerprint density at radius 2 is 1.42 bits per heavy atom. The van der Waals surface area contributed by atoms with Crippen LogP contribution in [0.15, 0.2) is 36.9 Å². The molecule has 0 aliphatic rings. The number of Topliss-reactive ketones (excluding diaryl/α,β-unsaturated/α-hetero) is 1. The number of unbranched alkanes of at least 4 members (excludes halogenated alkanes) is 2. The minimum Gasteiger partial charge on any atom is -0.299 e. The van der Waals surface area contributed by atoms with E-state index < -0.39 is 0 Å². The van der Waals surface area contributed by atoms with Crippen molar-refractivity contribution >= 4 is 39.5 Å². The number of anilines is 1. The van der Waals surface area contributed by atoms with Gasteiger partial charge in [0.1, 0.15) is 21.6 Å². The van der Waals surface area contributed by atoms with Gasteiger partial charge >= 0.3 is 0 Å². The zero-order valence-electron chi connectivity index (χ0n) is 17.8. The average molecular weight is 486 g/mol. The summed E-state index contributed by atoms with van der Waals surface area (Å²) in [5.74, 6) is -0.115. The van der Waals surface area contributed by atoms with Crippen molar-refractivity contribution in [2.45, 2.75) is 51.6 Å². The summed E-state index contributed by atoms with van der Waals surface area (Å²) in [6.45, 7) is 0.400. The summed E-state index contributed by atoms with van der Waals surface area (Å²) in [5.41, 5.74) is 0. The molecule has 1 N–H and O–H groups in total. The van der Waals surface area contributed by atoms with Crippen LogP contribution in [0, 0.1) is 0 Å². The van der Waals surface area contributed by atoms with Gasteiger partial charge in [-0.3, -0.25) is 24.3 Å². The summed E-state index contributed by atoms with van der Waals surface area (Å²) in [4.78, 5) is 24.1. The molecule has 4 aromatic rings. The summed E-state index contributed by atoms with van der Waals surface area (Å²) in [6.07, 6.45) is 11.7. The van der Waals surface area contributed by atoms with Crippen LogP contribution in [0.2, 0.25) is 0 Å².